The number of amides is 2. The van der Waals surface area contributed by atoms with E-state index < -0.39 is 23.3 Å². The van der Waals surface area contributed by atoms with Gasteiger partial charge in [-0.2, -0.15) is 18.9 Å². The summed E-state index contributed by atoms with van der Waals surface area (Å²) in [6.45, 7) is -2.95. The highest BCUT2D eigenvalue weighted by atomic mass is 19.3. The van der Waals surface area contributed by atoms with Crippen molar-refractivity contribution < 1.29 is 28.0 Å². The highest BCUT2D eigenvalue weighted by Crippen LogP contribution is 2.35. The fourth-order valence-electron chi connectivity index (χ4n) is 3.19. The van der Waals surface area contributed by atoms with E-state index in [2.05, 4.69) is 9.84 Å². The number of non-ortho nitro benzene ring substituents is 1. The van der Waals surface area contributed by atoms with Gasteiger partial charge in [0.15, 0.2) is 0 Å². The normalized spacial score (nSPS) is 13.5. The van der Waals surface area contributed by atoms with Crippen molar-refractivity contribution in [2.75, 3.05) is 0 Å². The number of hydrogen-bond donors (Lipinski definition) is 0. The van der Waals surface area contributed by atoms with Gasteiger partial charge in [-0.15, -0.1) is 0 Å². The van der Waals surface area contributed by atoms with Gasteiger partial charge in [-0.25, -0.2) is 0 Å². The van der Waals surface area contributed by atoms with Gasteiger partial charge in [-0.05, 0) is 48.0 Å². The maximum absolute atomic E-state index is 12.8. The average molecular weight is 411 g/mol. The molecule has 10 heteroatoms. The fourth-order valence-corrected chi connectivity index (χ4v) is 3.19. The monoisotopic (exact) mass is 411 g/mol. The summed E-state index contributed by atoms with van der Waals surface area (Å²) >= 11 is 0. The van der Waals surface area contributed by atoms with Crippen molar-refractivity contribution in [3.05, 3.63) is 81.4 Å². The largest absolute Gasteiger partial charge is 0.435 e. The molecule has 1 aliphatic rings. The van der Waals surface area contributed by atoms with Crippen LogP contribution in [0.4, 0.5) is 14.5 Å². The number of benzene rings is 3. The molecule has 0 bridgehead atoms. The second-order valence-electron chi connectivity index (χ2n) is 6.23. The SMILES string of the molecule is O=C1c2cccc3c([N+](=O)[O-])ccc(c23)C(=O)N1N=Cc1ccc(OC(F)F)cc1. The number of alkyl halides is 2. The third-order valence-corrected chi connectivity index (χ3v) is 4.49. The van der Waals surface area contributed by atoms with Crippen LogP contribution in [0.1, 0.15) is 26.3 Å². The van der Waals surface area contributed by atoms with Crippen molar-refractivity contribution in [2.24, 2.45) is 5.10 Å². The number of imide groups is 1. The summed E-state index contributed by atoms with van der Waals surface area (Å²) in [6.07, 6.45) is 1.22. The second-order valence-corrected chi connectivity index (χ2v) is 6.23. The van der Waals surface area contributed by atoms with Crippen LogP contribution in [0.2, 0.25) is 0 Å². The molecule has 0 aromatic heterocycles. The summed E-state index contributed by atoms with van der Waals surface area (Å²) in [7, 11) is 0. The lowest BCUT2D eigenvalue weighted by atomic mass is 9.94. The number of nitro groups is 1. The first-order valence-electron chi connectivity index (χ1n) is 8.54. The van der Waals surface area contributed by atoms with Crippen molar-refractivity contribution >= 4 is 34.5 Å². The molecule has 0 spiro atoms. The second kappa shape index (κ2) is 7.32. The standard InChI is InChI=1S/C20H11F2N3O5/c21-20(22)30-12-6-4-11(5-7-12)10-23-24-18(26)14-3-1-2-13-16(25(28)29)9-8-15(17(13)14)19(24)27/h1-10,20H. The van der Waals surface area contributed by atoms with Gasteiger partial charge in [0.25, 0.3) is 17.5 Å². The number of hydrazone groups is 1. The Labute approximate surface area is 167 Å². The predicted molar refractivity (Wildman–Crippen MR) is 102 cm³/mol. The summed E-state index contributed by atoms with van der Waals surface area (Å²) in [5, 5.41) is 16.3. The molecule has 2 amide bonds. The lowest BCUT2D eigenvalue weighted by Gasteiger charge is -2.22. The molecule has 0 aliphatic carbocycles. The van der Waals surface area contributed by atoms with Crippen molar-refractivity contribution in [3.8, 4) is 5.75 Å². The van der Waals surface area contributed by atoms with Crippen LogP contribution in [-0.4, -0.2) is 34.6 Å². The Morgan fingerprint density at radius 1 is 1.00 bits per heavy atom. The number of nitro benzene ring substituents is 1. The molecule has 0 fully saturated rings. The lowest BCUT2D eigenvalue weighted by molar-refractivity contribution is -0.383. The van der Waals surface area contributed by atoms with Gasteiger partial charge in [0.05, 0.1) is 27.7 Å². The molecule has 8 nitrogen and oxygen atoms in total. The summed E-state index contributed by atoms with van der Waals surface area (Å²) < 4.78 is 28.7. The molecule has 0 radical (unpaired) electrons. The van der Waals surface area contributed by atoms with Crippen molar-refractivity contribution in [1.82, 2.24) is 5.01 Å². The zero-order valence-electron chi connectivity index (χ0n) is 15.0. The third-order valence-electron chi connectivity index (χ3n) is 4.49. The van der Waals surface area contributed by atoms with Crippen LogP contribution in [0.3, 0.4) is 0 Å². The van der Waals surface area contributed by atoms with E-state index in [1.807, 2.05) is 0 Å². The Balaban J connectivity index is 1.69. The minimum atomic E-state index is -2.95. The highest BCUT2D eigenvalue weighted by Gasteiger charge is 2.34. The Morgan fingerprint density at radius 2 is 1.67 bits per heavy atom. The predicted octanol–water partition coefficient (Wildman–Crippen LogP) is 3.98. The van der Waals surface area contributed by atoms with E-state index in [9.17, 15) is 28.5 Å². The van der Waals surface area contributed by atoms with Crippen LogP contribution in [0, 0.1) is 10.1 Å². The van der Waals surface area contributed by atoms with Gasteiger partial charge < -0.3 is 4.74 Å². The zero-order valence-corrected chi connectivity index (χ0v) is 15.0. The minimum Gasteiger partial charge on any atom is -0.435 e. The number of carbonyl (C=O) groups excluding carboxylic acids is 2. The molecule has 0 N–H and O–H groups in total. The zero-order chi connectivity index (χ0) is 21.4. The Hall–Kier alpha value is -4.21. The van der Waals surface area contributed by atoms with E-state index in [-0.39, 0.29) is 33.3 Å². The molecule has 1 aliphatic heterocycles. The van der Waals surface area contributed by atoms with Crippen LogP contribution in [0.25, 0.3) is 10.8 Å². The first-order valence-corrected chi connectivity index (χ1v) is 8.54. The van der Waals surface area contributed by atoms with E-state index in [1.165, 1.54) is 60.8 Å². The van der Waals surface area contributed by atoms with Crippen molar-refractivity contribution in [3.63, 3.8) is 0 Å². The fraction of sp³-hybridized carbons (Fsp3) is 0.0500. The molecule has 1 heterocycles. The van der Waals surface area contributed by atoms with Crippen LogP contribution >= 0.6 is 0 Å². The molecule has 0 saturated heterocycles. The number of rotatable bonds is 5. The molecule has 0 atom stereocenters. The van der Waals surface area contributed by atoms with E-state index in [0.717, 1.165) is 0 Å². The van der Waals surface area contributed by atoms with Gasteiger partial charge in [0.2, 0.25) is 0 Å². The van der Waals surface area contributed by atoms with Gasteiger partial charge in [0, 0.05) is 11.5 Å². The molecule has 3 aromatic carbocycles. The topological polar surface area (TPSA) is 102 Å². The maximum atomic E-state index is 12.8. The summed E-state index contributed by atoms with van der Waals surface area (Å²) in [5.74, 6) is -1.51. The van der Waals surface area contributed by atoms with E-state index in [4.69, 9.17) is 0 Å². The first kappa shape index (κ1) is 19.1. The smallest absolute Gasteiger partial charge is 0.387 e. The van der Waals surface area contributed by atoms with E-state index >= 15 is 0 Å². The molecule has 0 unspecified atom stereocenters. The van der Waals surface area contributed by atoms with Gasteiger partial charge >= 0.3 is 6.61 Å². The molecular weight excluding hydrogens is 400 g/mol. The molecular formula is C20H11F2N3O5. The molecule has 30 heavy (non-hydrogen) atoms. The Bertz CT molecular complexity index is 1200. The van der Waals surface area contributed by atoms with Crippen molar-refractivity contribution in [2.45, 2.75) is 6.61 Å². The number of halogens is 2. The molecule has 4 rings (SSSR count). The number of carbonyl (C=O) groups is 2. The average Bonchev–Trinajstić information content (AvgIpc) is 2.72. The number of nitrogens with zero attached hydrogens (tertiary/aromatic N) is 3. The first-order chi connectivity index (χ1) is 14.4. The summed E-state index contributed by atoms with van der Waals surface area (Å²) in [4.78, 5) is 36.3. The highest BCUT2D eigenvalue weighted by molar-refractivity contribution is 6.26. The molecule has 0 saturated carbocycles. The Kier molecular flexibility index (Phi) is 4.66. The van der Waals surface area contributed by atoms with Crippen LogP contribution < -0.4 is 4.74 Å². The summed E-state index contributed by atoms with van der Waals surface area (Å²) in [6, 6.07) is 12.4. The van der Waals surface area contributed by atoms with Gasteiger partial charge in [-0.3, -0.25) is 19.7 Å². The van der Waals surface area contributed by atoms with E-state index in [0.29, 0.717) is 10.6 Å². The van der Waals surface area contributed by atoms with E-state index in [1.54, 1.807) is 0 Å². The Morgan fingerprint density at radius 3 is 2.30 bits per heavy atom. The van der Waals surface area contributed by atoms with Gasteiger partial charge in [-0.1, -0.05) is 6.07 Å². The molecule has 3 aromatic rings. The van der Waals surface area contributed by atoms with Crippen LogP contribution in [0.15, 0.2) is 59.7 Å². The van der Waals surface area contributed by atoms with Crippen LogP contribution in [0.5, 0.6) is 5.75 Å². The number of ether oxygens (including phenoxy) is 1. The third kappa shape index (κ3) is 3.24. The minimum absolute atomic E-state index is 0.0468. The number of hydrogen-bond acceptors (Lipinski definition) is 6. The quantitative estimate of drug-likeness (QED) is 0.274. The lowest BCUT2D eigenvalue weighted by Crippen LogP contribution is -2.36. The van der Waals surface area contributed by atoms with Crippen molar-refractivity contribution in [1.29, 1.82) is 0 Å². The maximum Gasteiger partial charge on any atom is 0.387 e. The summed E-state index contributed by atoms with van der Waals surface area (Å²) in [5.41, 5.74) is 0.455. The van der Waals surface area contributed by atoms with Gasteiger partial charge in [0.1, 0.15) is 5.75 Å². The van der Waals surface area contributed by atoms with Crippen LogP contribution in [-0.2, 0) is 0 Å². The molecule has 150 valence electrons.